The summed E-state index contributed by atoms with van der Waals surface area (Å²) >= 11 is 0. The first-order valence-electron chi connectivity index (χ1n) is 6.17. The van der Waals surface area contributed by atoms with Gasteiger partial charge in [0.25, 0.3) is 5.91 Å². The summed E-state index contributed by atoms with van der Waals surface area (Å²) in [6, 6.07) is 0.644. The first-order chi connectivity index (χ1) is 10.1. The van der Waals surface area contributed by atoms with Gasteiger partial charge in [0.15, 0.2) is 0 Å². The van der Waals surface area contributed by atoms with E-state index < -0.39 is 17.9 Å². The number of amides is 1. The normalized spacial score (nSPS) is 11.7. The molecule has 1 amide bonds. The highest BCUT2D eigenvalue weighted by atomic mass is 16.5. The van der Waals surface area contributed by atoms with Crippen LogP contribution in [0.3, 0.4) is 0 Å². The molecule has 8 heteroatoms. The smallest absolute Gasteiger partial charge is 0.328 e. The molecule has 2 aromatic heterocycles. The molecule has 0 spiro atoms. The van der Waals surface area contributed by atoms with Crippen molar-refractivity contribution in [3.8, 4) is 0 Å². The second kappa shape index (κ2) is 6.51. The van der Waals surface area contributed by atoms with E-state index in [4.69, 9.17) is 10.5 Å². The number of nitrogen functional groups attached to an aromatic ring is 1. The van der Waals surface area contributed by atoms with Crippen LogP contribution in [0, 0.1) is 0 Å². The summed E-state index contributed by atoms with van der Waals surface area (Å²) in [5.74, 6) is -1.02. The number of hydrogen-bond donors (Lipinski definition) is 3. The molecule has 0 fully saturated rings. The molecule has 0 aromatic carbocycles. The number of H-pyrrole nitrogens is 1. The third-order valence-electron chi connectivity index (χ3n) is 2.87. The van der Waals surface area contributed by atoms with Crippen LogP contribution >= 0.6 is 0 Å². The number of carbonyl (C=O) groups is 2. The molecular weight excluding hydrogens is 274 g/mol. The summed E-state index contributed by atoms with van der Waals surface area (Å²) < 4.78 is 4.70. The Balaban J connectivity index is 2.13. The van der Waals surface area contributed by atoms with Crippen molar-refractivity contribution in [1.82, 2.24) is 20.3 Å². The number of nitrogens with one attached hydrogen (secondary N) is 2. The summed E-state index contributed by atoms with van der Waals surface area (Å²) in [7, 11) is 1.26. The molecule has 0 saturated heterocycles. The molecule has 2 heterocycles. The van der Waals surface area contributed by atoms with Crippen LogP contribution in [0.4, 0.5) is 5.69 Å². The van der Waals surface area contributed by atoms with Gasteiger partial charge in [-0.25, -0.2) is 9.78 Å². The lowest BCUT2D eigenvalue weighted by Crippen LogP contribution is -2.43. The number of ether oxygens (including phenoxy) is 1. The molecule has 1 atom stereocenters. The van der Waals surface area contributed by atoms with Crippen LogP contribution < -0.4 is 11.1 Å². The fraction of sp³-hybridized carbons (Fsp3) is 0.231. The highest BCUT2D eigenvalue weighted by molar-refractivity contribution is 6.00. The lowest BCUT2D eigenvalue weighted by atomic mass is 10.1. The molecule has 0 radical (unpaired) electrons. The maximum Gasteiger partial charge on any atom is 0.328 e. The Morgan fingerprint density at radius 3 is 2.86 bits per heavy atom. The van der Waals surface area contributed by atoms with E-state index in [9.17, 15) is 9.59 Å². The van der Waals surface area contributed by atoms with Crippen LogP contribution in [0.2, 0.25) is 0 Å². The Hall–Kier alpha value is -2.90. The van der Waals surface area contributed by atoms with Gasteiger partial charge < -0.3 is 20.8 Å². The lowest BCUT2D eigenvalue weighted by molar-refractivity contribution is -0.142. The van der Waals surface area contributed by atoms with E-state index in [0.29, 0.717) is 5.69 Å². The van der Waals surface area contributed by atoms with Crippen LogP contribution in [0.5, 0.6) is 0 Å². The molecule has 110 valence electrons. The van der Waals surface area contributed by atoms with Crippen molar-refractivity contribution >= 4 is 17.6 Å². The summed E-state index contributed by atoms with van der Waals surface area (Å²) in [5.41, 5.74) is 6.88. The second-order valence-electron chi connectivity index (χ2n) is 4.29. The molecule has 21 heavy (non-hydrogen) atoms. The Bertz CT molecular complexity index is 626. The van der Waals surface area contributed by atoms with Gasteiger partial charge in [0.05, 0.1) is 30.9 Å². The highest BCUT2D eigenvalue weighted by Gasteiger charge is 2.23. The topological polar surface area (TPSA) is 123 Å². The van der Waals surface area contributed by atoms with E-state index in [0.717, 1.165) is 0 Å². The van der Waals surface area contributed by atoms with E-state index in [1.807, 2.05) is 0 Å². The zero-order chi connectivity index (χ0) is 15.2. The quantitative estimate of drug-likeness (QED) is 0.660. The van der Waals surface area contributed by atoms with Crippen LogP contribution in [-0.2, 0) is 16.0 Å². The number of aromatic nitrogens is 3. The first kappa shape index (κ1) is 14.5. The zero-order valence-corrected chi connectivity index (χ0v) is 11.4. The van der Waals surface area contributed by atoms with Crippen LogP contribution in [-0.4, -0.2) is 40.0 Å². The van der Waals surface area contributed by atoms with E-state index in [2.05, 4.69) is 20.3 Å². The summed E-state index contributed by atoms with van der Waals surface area (Å²) in [5, 5.41) is 2.59. The number of rotatable bonds is 5. The third-order valence-corrected chi connectivity index (χ3v) is 2.87. The number of methoxy groups -OCH3 is 1. The van der Waals surface area contributed by atoms with E-state index >= 15 is 0 Å². The summed E-state index contributed by atoms with van der Waals surface area (Å²) in [4.78, 5) is 34.5. The van der Waals surface area contributed by atoms with Crippen molar-refractivity contribution in [3.05, 3.63) is 42.2 Å². The second-order valence-corrected chi connectivity index (χ2v) is 4.29. The Morgan fingerprint density at radius 1 is 1.43 bits per heavy atom. The van der Waals surface area contributed by atoms with E-state index in [1.54, 1.807) is 6.20 Å². The molecule has 0 aliphatic carbocycles. The minimum absolute atomic E-state index is 0.236. The SMILES string of the molecule is COC(=O)[C@@H](Cc1cnc[nH]1)NC(=O)c1ccncc1N. The molecule has 2 aromatic rings. The van der Waals surface area contributed by atoms with Crippen LogP contribution in [0.1, 0.15) is 16.1 Å². The van der Waals surface area contributed by atoms with Crippen molar-refractivity contribution in [1.29, 1.82) is 0 Å². The molecule has 0 aliphatic heterocycles. The Kier molecular flexibility index (Phi) is 4.50. The van der Waals surface area contributed by atoms with Gasteiger partial charge in [-0.2, -0.15) is 0 Å². The number of nitrogens with two attached hydrogens (primary N) is 1. The van der Waals surface area contributed by atoms with Crippen molar-refractivity contribution in [2.75, 3.05) is 12.8 Å². The van der Waals surface area contributed by atoms with Crippen molar-refractivity contribution in [3.63, 3.8) is 0 Å². The molecule has 0 saturated carbocycles. The fourth-order valence-corrected chi connectivity index (χ4v) is 1.80. The van der Waals surface area contributed by atoms with Gasteiger partial charge in [-0.3, -0.25) is 9.78 Å². The number of hydrogen-bond acceptors (Lipinski definition) is 6. The fourth-order valence-electron chi connectivity index (χ4n) is 1.80. The molecule has 8 nitrogen and oxygen atoms in total. The highest BCUT2D eigenvalue weighted by Crippen LogP contribution is 2.09. The monoisotopic (exact) mass is 289 g/mol. The summed E-state index contributed by atoms with van der Waals surface area (Å²) in [6.45, 7) is 0. The average molecular weight is 289 g/mol. The zero-order valence-electron chi connectivity index (χ0n) is 11.4. The number of aromatic amines is 1. The van der Waals surface area contributed by atoms with E-state index in [-0.39, 0.29) is 17.7 Å². The van der Waals surface area contributed by atoms with Crippen LogP contribution in [0.15, 0.2) is 31.0 Å². The Morgan fingerprint density at radius 2 is 2.24 bits per heavy atom. The number of carbonyl (C=O) groups excluding carboxylic acids is 2. The van der Waals surface area contributed by atoms with Crippen molar-refractivity contribution in [2.24, 2.45) is 0 Å². The molecular formula is C13H15N5O3. The molecule has 0 bridgehead atoms. The Labute approximate surface area is 120 Å². The van der Waals surface area contributed by atoms with Crippen molar-refractivity contribution < 1.29 is 14.3 Å². The van der Waals surface area contributed by atoms with Crippen molar-refractivity contribution in [2.45, 2.75) is 12.5 Å². The minimum Gasteiger partial charge on any atom is -0.467 e. The predicted octanol–water partition coefficient (Wildman–Crippen LogP) is -0.0990. The van der Waals surface area contributed by atoms with Crippen LogP contribution in [0.25, 0.3) is 0 Å². The lowest BCUT2D eigenvalue weighted by Gasteiger charge is -2.16. The molecule has 2 rings (SSSR count). The van der Waals surface area contributed by atoms with Gasteiger partial charge in [-0.1, -0.05) is 0 Å². The van der Waals surface area contributed by atoms with Gasteiger partial charge >= 0.3 is 5.97 Å². The van der Waals surface area contributed by atoms with E-state index in [1.165, 1.54) is 31.9 Å². The first-order valence-corrected chi connectivity index (χ1v) is 6.17. The molecule has 0 aliphatic rings. The van der Waals surface area contributed by atoms with Gasteiger partial charge in [-0.05, 0) is 6.07 Å². The largest absolute Gasteiger partial charge is 0.467 e. The van der Waals surface area contributed by atoms with Gasteiger partial charge in [0.2, 0.25) is 0 Å². The molecule has 4 N–H and O–H groups in total. The third kappa shape index (κ3) is 3.56. The summed E-state index contributed by atoms with van der Waals surface area (Å²) in [6.07, 6.45) is 6.13. The number of anilines is 1. The maximum absolute atomic E-state index is 12.2. The number of esters is 1. The number of imidazole rings is 1. The maximum atomic E-state index is 12.2. The van der Waals surface area contributed by atoms with Gasteiger partial charge in [0.1, 0.15) is 6.04 Å². The minimum atomic E-state index is -0.837. The number of nitrogens with zero attached hydrogens (tertiary/aromatic N) is 2. The number of pyridine rings is 1. The van der Waals surface area contributed by atoms with Gasteiger partial charge in [-0.15, -0.1) is 0 Å². The predicted molar refractivity (Wildman–Crippen MR) is 74.2 cm³/mol. The standard InChI is InChI=1S/C13H15N5O3/c1-21-13(20)11(4-8-5-16-7-17-8)18-12(19)9-2-3-15-6-10(9)14/h2-3,5-7,11H,4,14H2,1H3,(H,16,17)(H,18,19)/t11-/m1/s1. The van der Waals surface area contributed by atoms with Gasteiger partial charge in [0, 0.05) is 24.5 Å². The molecule has 0 unspecified atom stereocenters. The average Bonchev–Trinajstić information content (AvgIpc) is 2.99.